The quantitative estimate of drug-likeness (QED) is 0.788. The topological polar surface area (TPSA) is 66.4 Å². The van der Waals surface area contributed by atoms with Crippen LogP contribution in [0.1, 0.15) is 24.2 Å². The Balaban J connectivity index is 2.75. The van der Waals surface area contributed by atoms with Crippen molar-refractivity contribution in [3.05, 3.63) is 29.8 Å². The number of hydrogen-bond acceptors (Lipinski definition) is 3. The number of carbonyl (C=O) groups is 2. The molecule has 0 spiro atoms. The van der Waals surface area contributed by atoms with Crippen molar-refractivity contribution in [3.63, 3.8) is 0 Å². The van der Waals surface area contributed by atoms with E-state index in [0.717, 1.165) is 10.6 Å². The van der Waals surface area contributed by atoms with Gasteiger partial charge in [-0.25, -0.2) is 0 Å². The number of benzene rings is 1. The molecule has 17 heavy (non-hydrogen) atoms. The number of rotatable bonds is 5. The lowest BCUT2D eigenvalue weighted by molar-refractivity contribution is -0.138. The van der Waals surface area contributed by atoms with Gasteiger partial charge in [0.05, 0.1) is 0 Å². The van der Waals surface area contributed by atoms with Gasteiger partial charge in [-0.15, -0.1) is 11.8 Å². The first-order valence-corrected chi connectivity index (χ1v) is 6.29. The van der Waals surface area contributed by atoms with E-state index in [1.54, 1.807) is 30.0 Å². The Morgan fingerprint density at radius 2 is 2.18 bits per heavy atom. The molecular weight excluding hydrogens is 238 g/mol. The number of nitrogens with one attached hydrogen (secondary N) is 1. The molecule has 0 aliphatic carbocycles. The Morgan fingerprint density at radius 1 is 1.47 bits per heavy atom. The number of hydrogen-bond donors (Lipinski definition) is 2. The Bertz CT molecular complexity index is 420. The maximum absolute atomic E-state index is 11.7. The Morgan fingerprint density at radius 3 is 2.76 bits per heavy atom. The van der Waals surface area contributed by atoms with Gasteiger partial charge in [0.1, 0.15) is 6.04 Å². The van der Waals surface area contributed by atoms with Crippen LogP contribution >= 0.6 is 11.8 Å². The maximum Gasteiger partial charge on any atom is 0.325 e. The number of thioether (sulfide) groups is 1. The molecule has 4 nitrogen and oxygen atoms in total. The van der Waals surface area contributed by atoms with E-state index in [4.69, 9.17) is 5.11 Å². The molecule has 0 heterocycles. The van der Waals surface area contributed by atoms with Gasteiger partial charge in [0.25, 0.3) is 5.91 Å². The first-order valence-electron chi connectivity index (χ1n) is 5.31. The van der Waals surface area contributed by atoms with Gasteiger partial charge in [0, 0.05) is 10.5 Å². The van der Waals surface area contributed by atoms with Crippen molar-refractivity contribution >= 4 is 23.6 Å². The van der Waals surface area contributed by atoms with E-state index in [0.29, 0.717) is 5.56 Å². The highest BCUT2D eigenvalue weighted by molar-refractivity contribution is 7.99. The van der Waals surface area contributed by atoms with Crippen LogP contribution in [0.4, 0.5) is 0 Å². The summed E-state index contributed by atoms with van der Waals surface area (Å²) in [5.74, 6) is -0.479. The Labute approximate surface area is 104 Å². The van der Waals surface area contributed by atoms with E-state index in [-0.39, 0.29) is 5.91 Å². The van der Waals surface area contributed by atoms with Gasteiger partial charge in [-0.3, -0.25) is 9.59 Å². The number of carboxylic acid groups (broad SMARTS) is 1. The van der Waals surface area contributed by atoms with Crippen LogP contribution in [0, 0.1) is 0 Å². The van der Waals surface area contributed by atoms with Gasteiger partial charge in [0.15, 0.2) is 0 Å². The smallest absolute Gasteiger partial charge is 0.325 e. The third-order valence-electron chi connectivity index (χ3n) is 2.13. The molecular formula is C12H15NO3S. The summed E-state index contributed by atoms with van der Waals surface area (Å²) in [7, 11) is 0. The van der Waals surface area contributed by atoms with Gasteiger partial charge >= 0.3 is 5.97 Å². The summed E-state index contributed by atoms with van der Waals surface area (Å²) < 4.78 is 0. The first-order chi connectivity index (χ1) is 8.04. The molecule has 0 aliphatic rings. The molecule has 1 amide bonds. The standard InChI is InChI=1S/C12H15NO3S/c1-3-17-10-6-4-5-9(7-10)11(14)13-8(2)12(15)16/h4-8H,3H2,1-2H3,(H,13,14)(H,15,16). The fourth-order valence-corrected chi connectivity index (χ4v) is 1.95. The molecule has 1 aromatic rings. The van der Waals surface area contributed by atoms with Crippen LogP contribution in [0.3, 0.4) is 0 Å². The number of carboxylic acids is 1. The highest BCUT2D eigenvalue weighted by atomic mass is 32.2. The van der Waals surface area contributed by atoms with Crippen LogP contribution in [0.5, 0.6) is 0 Å². The van der Waals surface area contributed by atoms with E-state index in [1.807, 2.05) is 13.0 Å². The summed E-state index contributed by atoms with van der Waals surface area (Å²) in [6, 6.07) is 6.26. The van der Waals surface area contributed by atoms with Crippen molar-refractivity contribution in [1.82, 2.24) is 5.32 Å². The average molecular weight is 253 g/mol. The highest BCUT2D eigenvalue weighted by Crippen LogP contribution is 2.18. The van der Waals surface area contributed by atoms with Crippen molar-refractivity contribution in [1.29, 1.82) is 0 Å². The Hall–Kier alpha value is -1.49. The van der Waals surface area contributed by atoms with Crippen LogP contribution in [-0.4, -0.2) is 28.8 Å². The second kappa shape index (κ2) is 6.30. The second-order valence-corrected chi connectivity index (χ2v) is 4.83. The van der Waals surface area contributed by atoms with Crippen LogP contribution < -0.4 is 5.32 Å². The van der Waals surface area contributed by atoms with Crippen molar-refractivity contribution in [2.24, 2.45) is 0 Å². The average Bonchev–Trinajstić information content (AvgIpc) is 2.29. The molecule has 0 fully saturated rings. The lowest BCUT2D eigenvalue weighted by atomic mass is 10.2. The molecule has 0 saturated carbocycles. The fraction of sp³-hybridized carbons (Fsp3) is 0.333. The normalized spacial score (nSPS) is 11.9. The summed E-state index contributed by atoms with van der Waals surface area (Å²) >= 11 is 1.64. The van der Waals surface area contributed by atoms with E-state index >= 15 is 0 Å². The zero-order valence-electron chi connectivity index (χ0n) is 9.77. The maximum atomic E-state index is 11.7. The summed E-state index contributed by atoms with van der Waals surface area (Å²) in [6.07, 6.45) is 0. The third kappa shape index (κ3) is 4.11. The molecule has 2 N–H and O–H groups in total. The molecule has 0 radical (unpaired) electrons. The summed E-state index contributed by atoms with van der Waals surface area (Å²) in [5, 5.41) is 11.1. The fourth-order valence-electron chi connectivity index (χ4n) is 1.24. The molecule has 1 aromatic carbocycles. The number of aliphatic carboxylic acids is 1. The van der Waals surface area contributed by atoms with Crippen LogP contribution in [0.25, 0.3) is 0 Å². The van der Waals surface area contributed by atoms with Gasteiger partial charge in [-0.2, -0.15) is 0 Å². The summed E-state index contributed by atoms with van der Waals surface area (Å²) in [6.45, 7) is 3.47. The zero-order valence-corrected chi connectivity index (χ0v) is 10.6. The predicted octanol–water partition coefficient (Wildman–Crippen LogP) is 2.00. The largest absolute Gasteiger partial charge is 0.480 e. The van der Waals surface area contributed by atoms with Crippen molar-refractivity contribution < 1.29 is 14.7 Å². The zero-order chi connectivity index (χ0) is 12.8. The van der Waals surface area contributed by atoms with E-state index < -0.39 is 12.0 Å². The molecule has 92 valence electrons. The summed E-state index contributed by atoms with van der Waals surface area (Å²) in [5.41, 5.74) is 0.483. The molecule has 5 heteroatoms. The molecule has 1 unspecified atom stereocenters. The van der Waals surface area contributed by atoms with Gasteiger partial charge in [-0.1, -0.05) is 13.0 Å². The van der Waals surface area contributed by atoms with Gasteiger partial charge in [-0.05, 0) is 30.9 Å². The molecule has 1 atom stereocenters. The monoisotopic (exact) mass is 253 g/mol. The lowest BCUT2D eigenvalue weighted by Crippen LogP contribution is -2.38. The van der Waals surface area contributed by atoms with Crippen molar-refractivity contribution in [2.45, 2.75) is 24.8 Å². The Kier molecular flexibility index (Phi) is 5.03. The van der Waals surface area contributed by atoms with E-state index in [2.05, 4.69) is 5.32 Å². The first kappa shape index (κ1) is 13.6. The highest BCUT2D eigenvalue weighted by Gasteiger charge is 2.15. The third-order valence-corrected chi connectivity index (χ3v) is 3.00. The number of carbonyl (C=O) groups excluding carboxylic acids is 1. The lowest BCUT2D eigenvalue weighted by Gasteiger charge is -2.09. The molecule has 0 bridgehead atoms. The minimum atomic E-state index is -1.04. The van der Waals surface area contributed by atoms with Crippen LogP contribution in [0.15, 0.2) is 29.2 Å². The van der Waals surface area contributed by atoms with Crippen molar-refractivity contribution in [3.8, 4) is 0 Å². The molecule has 1 rings (SSSR count). The predicted molar refractivity (Wildman–Crippen MR) is 67.4 cm³/mol. The SMILES string of the molecule is CCSc1cccc(C(=O)NC(C)C(=O)O)c1. The van der Waals surface area contributed by atoms with E-state index in [1.165, 1.54) is 6.92 Å². The molecule has 0 saturated heterocycles. The van der Waals surface area contributed by atoms with Crippen molar-refractivity contribution in [2.75, 3.05) is 5.75 Å². The molecule has 0 aliphatic heterocycles. The van der Waals surface area contributed by atoms with Gasteiger partial charge < -0.3 is 10.4 Å². The molecule has 0 aromatic heterocycles. The van der Waals surface area contributed by atoms with Gasteiger partial charge in [0.2, 0.25) is 0 Å². The minimum absolute atomic E-state index is 0.363. The number of amides is 1. The van der Waals surface area contributed by atoms with Crippen LogP contribution in [-0.2, 0) is 4.79 Å². The van der Waals surface area contributed by atoms with Crippen LogP contribution in [0.2, 0.25) is 0 Å². The minimum Gasteiger partial charge on any atom is -0.480 e. The summed E-state index contributed by atoms with van der Waals surface area (Å²) in [4.78, 5) is 23.4. The van der Waals surface area contributed by atoms with E-state index in [9.17, 15) is 9.59 Å². The second-order valence-electron chi connectivity index (χ2n) is 3.49.